The number of hydrazine groups is 1. The summed E-state index contributed by atoms with van der Waals surface area (Å²) in [5.74, 6) is -0.326. The first-order chi connectivity index (χ1) is 14.3. The van der Waals surface area contributed by atoms with Crippen molar-refractivity contribution >= 4 is 17.6 Å². The van der Waals surface area contributed by atoms with Crippen LogP contribution in [-0.2, 0) is 22.4 Å². The van der Waals surface area contributed by atoms with E-state index in [1.165, 1.54) is 11.1 Å². The van der Waals surface area contributed by atoms with Crippen molar-refractivity contribution in [2.24, 2.45) is 0 Å². The first-order valence-corrected chi connectivity index (χ1v) is 10.3. The highest BCUT2D eigenvalue weighted by Crippen LogP contribution is 2.24. The van der Waals surface area contributed by atoms with Gasteiger partial charge < -0.3 is 4.74 Å². The van der Waals surface area contributed by atoms with E-state index in [9.17, 15) is 14.4 Å². The molecule has 0 saturated heterocycles. The number of ether oxygens (including phenoxy) is 1. The monoisotopic (exact) mass is 408 g/mol. The average Bonchev–Trinajstić information content (AvgIpc) is 3.21. The summed E-state index contributed by atoms with van der Waals surface area (Å²) in [4.78, 5) is 36.6. The number of fused-ring (bicyclic) bond motifs is 1. The van der Waals surface area contributed by atoms with Gasteiger partial charge in [0.1, 0.15) is 5.75 Å². The van der Waals surface area contributed by atoms with E-state index in [4.69, 9.17) is 4.74 Å². The fourth-order valence-electron chi connectivity index (χ4n) is 3.51. The molecule has 2 aromatic carbocycles. The molecule has 6 heteroatoms. The molecule has 0 fully saturated rings. The minimum Gasteiger partial charge on any atom is -0.481 e. The van der Waals surface area contributed by atoms with Gasteiger partial charge in [-0.05, 0) is 74.4 Å². The molecule has 0 aromatic heterocycles. The van der Waals surface area contributed by atoms with Gasteiger partial charge in [-0.25, -0.2) is 0 Å². The van der Waals surface area contributed by atoms with Gasteiger partial charge in [0.25, 0.3) is 5.91 Å². The van der Waals surface area contributed by atoms with Crippen LogP contribution in [0, 0.1) is 13.8 Å². The number of nitrogens with one attached hydrogen (secondary N) is 2. The lowest BCUT2D eigenvalue weighted by Gasteiger charge is -2.17. The van der Waals surface area contributed by atoms with Crippen molar-refractivity contribution in [3.8, 4) is 5.75 Å². The van der Waals surface area contributed by atoms with Gasteiger partial charge in [-0.1, -0.05) is 24.3 Å². The standard InChI is InChI=1S/C24H28N2O4/c1-15-6-4-9-22(16(15)2)30-17(3)24(29)26-25-23(28)13-12-21(27)20-11-10-18-7-5-8-19(18)14-20/h4,6,9-11,14,17H,5,7-8,12-13H2,1-3H3,(H,25,28)(H,26,29). The van der Waals surface area contributed by atoms with Gasteiger partial charge in [0.15, 0.2) is 11.9 Å². The number of rotatable bonds is 7. The van der Waals surface area contributed by atoms with Gasteiger partial charge in [0.2, 0.25) is 5.91 Å². The van der Waals surface area contributed by atoms with E-state index in [-0.39, 0.29) is 18.6 Å². The molecule has 0 bridgehead atoms. The summed E-state index contributed by atoms with van der Waals surface area (Å²) >= 11 is 0. The molecular weight excluding hydrogens is 380 g/mol. The van der Waals surface area contributed by atoms with Crippen molar-refractivity contribution in [3.63, 3.8) is 0 Å². The predicted molar refractivity (Wildman–Crippen MR) is 114 cm³/mol. The Bertz CT molecular complexity index is 968. The van der Waals surface area contributed by atoms with Crippen molar-refractivity contribution in [3.05, 3.63) is 64.2 Å². The first kappa shape index (κ1) is 21.6. The van der Waals surface area contributed by atoms with Crippen LogP contribution >= 0.6 is 0 Å². The van der Waals surface area contributed by atoms with Gasteiger partial charge in [-0.2, -0.15) is 0 Å². The lowest BCUT2D eigenvalue weighted by molar-refractivity contribution is -0.132. The minimum absolute atomic E-state index is 0.00241. The number of ketones is 1. The van der Waals surface area contributed by atoms with Crippen molar-refractivity contribution in [1.29, 1.82) is 0 Å². The van der Waals surface area contributed by atoms with Gasteiger partial charge in [-0.3, -0.25) is 25.2 Å². The third-order valence-electron chi connectivity index (χ3n) is 5.55. The maximum Gasteiger partial charge on any atom is 0.279 e. The van der Waals surface area contributed by atoms with Crippen LogP contribution in [0.25, 0.3) is 0 Å². The van der Waals surface area contributed by atoms with Crippen molar-refractivity contribution in [1.82, 2.24) is 10.9 Å². The van der Waals surface area contributed by atoms with Crippen LogP contribution in [-0.4, -0.2) is 23.7 Å². The van der Waals surface area contributed by atoms with Crippen LogP contribution in [0.2, 0.25) is 0 Å². The number of hydrogen-bond acceptors (Lipinski definition) is 4. The summed E-state index contributed by atoms with van der Waals surface area (Å²) in [6, 6.07) is 11.4. The maximum atomic E-state index is 12.4. The smallest absolute Gasteiger partial charge is 0.279 e. The topological polar surface area (TPSA) is 84.5 Å². The number of benzene rings is 2. The second-order valence-electron chi connectivity index (χ2n) is 7.76. The average molecular weight is 408 g/mol. The van der Waals surface area contributed by atoms with E-state index in [1.54, 1.807) is 13.0 Å². The molecule has 158 valence electrons. The number of hydrogen-bond donors (Lipinski definition) is 2. The molecule has 1 atom stereocenters. The van der Waals surface area contributed by atoms with Crippen molar-refractivity contribution in [2.45, 2.75) is 59.0 Å². The molecule has 0 radical (unpaired) electrons. The Morgan fingerprint density at radius 2 is 1.77 bits per heavy atom. The Kier molecular flexibility index (Phi) is 6.87. The van der Waals surface area contributed by atoms with Crippen molar-refractivity contribution in [2.75, 3.05) is 0 Å². The summed E-state index contributed by atoms with van der Waals surface area (Å²) < 4.78 is 5.70. The summed E-state index contributed by atoms with van der Waals surface area (Å²) in [7, 11) is 0. The molecule has 1 unspecified atom stereocenters. The third kappa shape index (κ3) is 5.26. The Balaban J connectivity index is 1.43. The van der Waals surface area contributed by atoms with E-state index in [0.29, 0.717) is 11.3 Å². The predicted octanol–water partition coefficient (Wildman–Crippen LogP) is 3.37. The molecule has 0 aliphatic heterocycles. The Morgan fingerprint density at radius 1 is 1.00 bits per heavy atom. The molecule has 2 N–H and O–H groups in total. The number of Topliss-reactive ketones (excluding diaryl/α,β-unsaturated/α-hetero) is 1. The van der Waals surface area contributed by atoms with Crippen LogP contribution in [0.5, 0.6) is 5.75 Å². The van der Waals surface area contributed by atoms with Crippen LogP contribution in [0.4, 0.5) is 0 Å². The van der Waals surface area contributed by atoms with Gasteiger partial charge in [-0.15, -0.1) is 0 Å². The van der Waals surface area contributed by atoms with Gasteiger partial charge in [0, 0.05) is 18.4 Å². The van der Waals surface area contributed by atoms with Crippen LogP contribution in [0.3, 0.4) is 0 Å². The highest BCUT2D eigenvalue weighted by atomic mass is 16.5. The zero-order valence-corrected chi connectivity index (χ0v) is 17.7. The largest absolute Gasteiger partial charge is 0.481 e. The Hall–Kier alpha value is -3.15. The molecule has 3 rings (SSSR count). The van der Waals surface area contributed by atoms with E-state index in [2.05, 4.69) is 10.9 Å². The van der Waals surface area contributed by atoms with Crippen LogP contribution < -0.4 is 15.6 Å². The first-order valence-electron chi connectivity index (χ1n) is 10.3. The Morgan fingerprint density at radius 3 is 2.57 bits per heavy atom. The number of carbonyl (C=O) groups excluding carboxylic acids is 3. The molecule has 1 aliphatic carbocycles. The van der Waals surface area contributed by atoms with Gasteiger partial charge >= 0.3 is 0 Å². The molecular formula is C24H28N2O4. The van der Waals surface area contributed by atoms with E-state index < -0.39 is 17.9 Å². The molecule has 0 heterocycles. The summed E-state index contributed by atoms with van der Waals surface area (Å²) in [5, 5.41) is 0. The molecule has 0 saturated carbocycles. The van der Waals surface area contributed by atoms with Crippen molar-refractivity contribution < 1.29 is 19.1 Å². The second-order valence-corrected chi connectivity index (χ2v) is 7.76. The molecule has 30 heavy (non-hydrogen) atoms. The highest BCUT2D eigenvalue weighted by molar-refractivity contribution is 5.98. The lowest BCUT2D eigenvalue weighted by Crippen LogP contribution is -2.47. The molecule has 0 spiro atoms. The maximum absolute atomic E-state index is 12.4. The lowest BCUT2D eigenvalue weighted by atomic mass is 10.0. The van der Waals surface area contributed by atoms with E-state index in [1.807, 2.05) is 44.2 Å². The second kappa shape index (κ2) is 9.57. The molecule has 1 aliphatic rings. The number of aryl methyl sites for hydroxylation is 3. The number of amides is 2. The summed E-state index contributed by atoms with van der Waals surface area (Å²) in [6.45, 7) is 5.51. The zero-order valence-electron chi connectivity index (χ0n) is 17.7. The minimum atomic E-state index is -0.779. The van der Waals surface area contributed by atoms with Crippen LogP contribution in [0.1, 0.15) is 58.8 Å². The number of carbonyl (C=O) groups is 3. The fraction of sp³-hybridized carbons (Fsp3) is 0.375. The Labute approximate surface area is 177 Å². The van der Waals surface area contributed by atoms with E-state index >= 15 is 0 Å². The quantitative estimate of drug-likeness (QED) is 0.543. The molecule has 6 nitrogen and oxygen atoms in total. The molecule has 2 aromatic rings. The SMILES string of the molecule is Cc1cccc(OC(C)C(=O)NNC(=O)CCC(=O)c2ccc3c(c2)CCC3)c1C. The van der Waals surface area contributed by atoms with Crippen LogP contribution in [0.15, 0.2) is 36.4 Å². The van der Waals surface area contributed by atoms with Gasteiger partial charge in [0.05, 0.1) is 0 Å². The summed E-state index contributed by atoms with van der Waals surface area (Å²) in [5.41, 5.74) is 9.93. The van der Waals surface area contributed by atoms with E-state index in [0.717, 1.165) is 30.4 Å². The zero-order chi connectivity index (χ0) is 21.7. The molecule has 2 amide bonds. The third-order valence-corrected chi connectivity index (χ3v) is 5.55. The highest BCUT2D eigenvalue weighted by Gasteiger charge is 2.18. The summed E-state index contributed by atoms with van der Waals surface area (Å²) in [6.07, 6.45) is 2.51. The normalized spacial score (nSPS) is 13.3. The fourth-order valence-corrected chi connectivity index (χ4v) is 3.51.